The number of nitrogens with zero attached hydrogens (tertiary/aromatic N) is 2. The summed E-state index contributed by atoms with van der Waals surface area (Å²) in [4.78, 5) is 5.16. The van der Waals surface area contributed by atoms with Gasteiger partial charge in [-0.05, 0) is 36.8 Å². The van der Waals surface area contributed by atoms with Crippen molar-refractivity contribution in [2.24, 2.45) is 0 Å². The van der Waals surface area contributed by atoms with Crippen LogP contribution in [0.15, 0.2) is 30.3 Å². The number of hydrogen-bond donors (Lipinski definition) is 1. The van der Waals surface area contributed by atoms with Crippen LogP contribution in [0.25, 0.3) is 0 Å². The molecule has 2 aromatic rings. The maximum atomic E-state index is 12.7. The highest BCUT2D eigenvalue weighted by Crippen LogP contribution is 2.34. The van der Waals surface area contributed by atoms with Gasteiger partial charge in [-0.25, -0.2) is 4.98 Å². The van der Waals surface area contributed by atoms with Gasteiger partial charge in [0.15, 0.2) is 0 Å². The molecule has 0 aliphatic carbocycles. The molecule has 2 rings (SSSR count). The van der Waals surface area contributed by atoms with Gasteiger partial charge in [-0.1, -0.05) is 17.7 Å². The van der Waals surface area contributed by atoms with Crippen LogP contribution in [0, 0.1) is 6.92 Å². The molecule has 1 heterocycles. The zero-order chi connectivity index (χ0) is 15.8. The zero-order valence-electron chi connectivity index (χ0n) is 11.4. The van der Waals surface area contributed by atoms with Crippen LogP contribution in [0.2, 0.25) is 5.02 Å². The summed E-state index contributed by atoms with van der Waals surface area (Å²) in [5, 5.41) is 0.409. The van der Waals surface area contributed by atoms with Crippen LogP contribution >= 0.6 is 11.6 Å². The fourth-order valence-corrected chi connectivity index (χ4v) is 2.15. The summed E-state index contributed by atoms with van der Waals surface area (Å²) < 4.78 is 38.2. The second-order valence-electron chi connectivity index (χ2n) is 4.58. The van der Waals surface area contributed by atoms with E-state index in [1.54, 1.807) is 26.1 Å². The average molecular weight is 316 g/mol. The third-order valence-corrected chi connectivity index (χ3v) is 3.33. The molecule has 3 nitrogen and oxygen atoms in total. The summed E-state index contributed by atoms with van der Waals surface area (Å²) in [6, 6.07) is 6.95. The number of nitrogens with two attached hydrogens (primary N) is 1. The fraction of sp³-hybridized carbons (Fsp3) is 0.214. The first-order valence-corrected chi connectivity index (χ1v) is 6.41. The Hall–Kier alpha value is -1.95. The molecule has 0 aliphatic rings. The number of hydrogen-bond acceptors (Lipinski definition) is 3. The summed E-state index contributed by atoms with van der Waals surface area (Å²) in [5.74, 6) is 0.162. The monoisotopic (exact) mass is 315 g/mol. The topological polar surface area (TPSA) is 42.1 Å². The average Bonchev–Trinajstić information content (AvgIpc) is 2.41. The molecule has 0 radical (unpaired) electrons. The van der Waals surface area contributed by atoms with Gasteiger partial charge in [0.1, 0.15) is 11.5 Å². The van der Waals surface area contributed by atoms with Gasteiger partial charge in [-0.15, -0.1) is 0 Å². The predicted molar refractivity (Wildman–Crippen MR) is 77.9 cm³/mol. The van der Waals surface area contributed by atoms with Crippen molar-refractivity contribution < 1.29 is 13.2 Å². The lowest BCUT2D eigenvalue weighted by Crippen LogP contribution is -2.16. The standard InChI is InChI=1S/C14H13ClF3N3/c1-8-10(19)6-9(15)7-11(8)21(2)13-5-3-4-12(20-13)14(16,17)18/h3-7H,19H2,1-2H3. The van der Waals surface area contributed by atoms with E-state index < -0.39 is 11.9 Å². The van der Waals surface area contributed by atoms with E-state index in [9.17, 15) is 13.2 Å². The molecule has 0 bridgehead atoms. The van der Waals surface area contributed by atoms with Gasteiger partial charge in [-0.2, -0.15) is 13.2 Å². The van der Waals surface area contributed by atoms with Crippen molar-refractivity contribution >= 4 is 28.8 Å². The molecule has 21 heavy (non-hydrogen) atoms. The van der Waals surface area contributed by atoms with Crippen LogP contribution in [0.4, 0.5) is 30.4 Å². The van der Waals surface area contributed by atoms with Crippen LogP contribution in [0.1, 0.15) is 11.3 Å². The minimum absolute atomic E-state index is 0.162. The van der Waals surface area contributed by atoms with Crippen molar-refractivity contribution in [3.05, 3.63) is 46.6 Å². The minimum Gasteiger partial charge on any atom is -0.398 e. The van der Waals surface area contributed by atoms with Gasteiger partial charge < -0.3 is 10.6 Å². The lowest BCUT2D eigenvalue weighted by molar-refractivity contribution is -0.141. The first-order valence-electron chi connectivity index (χ1n) is 6.03. The Labute approximate surface area is 125 Å². The zero-order valence-corrected chi connectivity index (χ0v) is 12.1. The van der Waals surface area contributed by atoms with E-state index in [4.69, 9.17) is 17.3 Å². The predicted octanol–water partition coefficient (Wildman–Crippen LogP) is 4.41. The fourth-order valence-electron chi connectivity index (χ4n) is 1.92. The Balaban J connectivity index is 2.48. The number of rotatable bonds is 2. The van der Waals surface area contributed by atoms with E-state index in [2.05, 4.69) is 4.98 Å². The maximum Gasteiger partial charge on any atom is 0.433 e. The molecule has 1 aromatic heterocycles. The minimum atomic E-state index is -4.49. The van der Waals surface area contributed by atoms with Crippen LogP contribution in [0.5, 0.6) is 0 Å². The van der Waals surface area contributed by atoms with E-state index in [1.165, 1.54) is 17.0 Å². The van der Waals surface area contributed by atoms with Crippen LogP contribution in [-0.4, -0.2) is 12.0 Å². The maximum absolute atomic E-state index is 12.7. The normalized spacial score (nSPS) is 11.5. The lowest BCUT2D eigenvalue weighted by atomic mass is 10.1. The highest BCUT2D eigenvalue weighted by atomic mass is 35.5. The van der Waals surface area contributed by atoms with E-state index in [-0.39, 0.29) is 5.82 Å². The number of halogens is 4. The van der Waals surface area contributed by atoms with Gasteiger partial charge >= 0.3 is 6.18 Å². The molecule has 0 amide bonds. The summed E-state index contributed by atoms with van der Waals surface area (Å²) in [5.41, 5.74) is 6.68. The molecule has 7 heteroatoms. The van der Waals surface area contributed by atoms with E-state index in [1.807, 2.05) is 0 Å². The lowest BCUT2D eigenvalue weighted by Gasteiger charge is -2.22. The molecule has 0 fully saturated rings. The van der Waals surface area contributed by atoms with Gasteiger partial charge in [0, 0.05) is 23.4 Å². The highest BCUT2D eigenvalue weighted by molar-refractivity contribution is 6.31. The summed E-state index contributed by atoms with van der Waals surface area (Å²) in [6.07, 6.45) is -4.49. The number of nitrogen functional groups attached to an aromatic ring is 1. The van der Waals surface area contributed by atoms with Crippen molar-refractivity contribution in [3.63, 3.8) is 0 Å². The molecule has 0 saturated carbocycles. The third kappa shape index (κ3) is 3.21. The van der Waals surface area contributed by atoms with Crippen LogP contribution < -0.4 is 10.6 Å². The second-order valence-corrected chi connectivity index (χ2v) is 5.01. The molecule has 1 aromatic carbocycles. The molecule has 0 atom stereocenters. The molecule has 0 unspecified atom stereocenters. The largest absolute Gasteiger partial charge is 0.433 e. The highest BCUT2D eigenvalue weighted by Gasteiger charge is 2.32. The molecule has 0 saturated heterocycles. The molecule has 112 valence electrons. The van der Waals surface area contributed by atoms with Gasteiger partial charge in [0.2, 0.25) is 0 Å². The van der Waals surface area contributed by atoms with Crippen LogP contribution in [-0.2, 0) is 6.18 Å². The van der Waals surface area contributed by atoms with Crippen molar-refractivity contribution in [1.82, 2.24) is 4.98 Å². The SMILES string of the molecule is Cc1c(N)cc(Cl)cc1N(C)c1cccc(C(F)(F)F)n1. The van der Waals surface area contributed by atoms with Crippen molar-refractivity contribution in [3.8, 4) is 0 Å². The quantitative estimate of drug-likeness (QED) is 0.835. The first kappa shape index (κ1) is 15.4. The van der Waals surface area contributed by atoms with E-state index in [0.717, 1.165) is 11.6 Å². The van der Waals surface area contributed by atoms with Crippen LogP contribution in [0.3, 0.4) is 0 Å². The van der Waals surface area contributed by atoms with Crippen molar-refractivity contribution in [2.75, 3.05) is 17.7 Å². The molecular formula is C14H13ClF3N3. The third-order valence-electron chi connectivity index (χ3n) is 3.12. The number of anilines is 3. The Kier molecular flexibility index (Phi) is 4.00. The Morgan fingerprint density at radius 2 is 1.90 bits per heavy atom. The Morgan fingerprint density at radius 1 is 1.24 bits per heavy atom. The number of aromatic nitrogens is 1. The van der Waals surface area contributed by atoms with Crippen molar-refractivity contribution in [2.45, 2.75) is 13.1 Å². The van der Waals surface area contributed by atoms with E-state index >= 15 is 0 Å². The van der Waals surface area contributed by atoms with Gasteiger partial charge in [0.25, 0.3) is 0 Å². The number of benzene rings is 1. The molecular weight excluding hydrogens is 303 g/mol. The van der Waals surface area contributed by atoms with Gasteiger partial charge in [0.05, 0.1) is 0 Å². The van der Waals surface area contributed by atoms with E-state index in [0.29, 0.717) is 16.4 Å². The smallest absolute Gasteiger partial charge is 0.398 e. The molecule has 0 aliphatic heterocycles. The second kappa shape index (κ2) is 5.44. The van der Waals surface area contributed by atoms with Gasteiger partial charge in [-0.3, -0.25) is 0 Å². The molecule has 2 N–H and O–H groups in total. The number of pyridine rings is 1. The summed E-state index contributed by atoms with van der Waals surface area (Å²) >= 11 is 5.95. The summed E-state index contributed by atoms with van der Waals surface area (Å²) in [6.45, 7) is 1.77. The Bertz CT molecular complexity index is 671. The van der Waals surface area contributed by atoms with Crippen molar-refractivity contribution in [1.29, 1.82) is 0 Å². The Morgan fingerprint density at radius 3 is 2.52 bits per heavy atom. The summed E-state index contributed by atoms with van der Waals surface area (Å²) in [7, 11) is 1.61. The first-order chi connectivity index (χ1) is 9.70. The number of alkyl halides is 3. The molecule has 0 spiro atoms.